The third kappa shape index (κ3) is 5.14. The average Bonchev–Trinajstić information content (AvgIpc) is 3.84. The number of benzene rings is 9. The minimum absolute atomic E-state index is 0.550. The van der Waals surface area contributed by atoms with Crippen LogP contribution < -0.4 is 0 Å². The Morgan fingerprint density at radius 2 is 0.983 bits per heavy atom. The summed E-state index contributed by atoms with van der Waals surface area (Å²) in [6, 6.07) is 68.0. The molecular formula is C53H32N4O. The third-order valence-corrected chi connectivity index (χ3v) is 11.4. The van der Waals surface area contributed by atoms with Crippen molar-refractivity contribution in [3.8, 4) is 51.0 Å². The van der Waals surface area contributed by atoms with Gasteiger partial charge in [0.2, 0.25) is 5.95 Å². The second kappa shape index (κ2) is 12.8. The summed E-state index contributed by atoms with van der Waals surface area (Å²) in [5.74, 6) is 1.71. The van der Waals surface area contributed by atoms with Crippen molar-refractivity contribution in [1.82, 2.24) is 19.5 Å². The Morgan fingerprint density at radius 3 is 1.83 bits per heavy atom. The summed E-state index contributed by atoms with van der Waals surface area (Å²) >= 11 is 0. The molecule has 0 radical (unpaired) electrons. The van der Waals surface area contributed by atoms with Gasteiger partial charge in [0.15, 0.2) is 11.6 Å². The fraction of sp³-hybridized carbons (Fsp3) is 0. The van der Waals surface area contributed by atoms with E-state index in [9.17, 15) is 0 Å². The molecule has 0 aliphatic heterocycles. The molecule has 0 N–H and O–H groups in total. The topological polar surface area (TPSA) is 56.7 Å². The highest BCUT2D eigenvalue weighted by atomic mass is 16.3. The first-order valence-corrected chi connectivity index (χ1v) is 19.5. The largest absolute Gasteiger partial charge is 0.456 e. The second-order valence-electron chi connectivity index (χ2n) is 14.8. The molecule has 12 aromatic rings. The summed E-state index contributed by atoms with van der Waals surface area (Å²) in [4.78, 5) is 16.0. The van der Waals surface area contributed by atoms with E-state index >= 15 is 0 Å². The predicted molar refractivity (Wildman–Crippen MR) is 238 cm³/mol. The van der Waals surface area contributed by atoms with Gasteiger partial charge in [0.05, 0.1) is 11.0 Å². The molecule has 5 nitrogen and oxygen atoms in total. The molecule has 270 valence electrons. The van der Waals surface area contributed by atoms with Crippen LogP contribution in [0, 0.1) is 0 Å². The molecule has 0 saturated carbocycles. The van der Waals surface area contributed by atoms with Crippen LogP contribution in [-0.4, -0.2) is 19.5 Å². The Labute approximate surface area is 333 Å². The Hall–Kier alpha value is -7.89. The van der Waals surface area contributed by atoms with Crippen LogP contribution in [0.1, 0.15) is 0 Å². The number of rotatable bonds is 5. The van der Waals surface area contributed by atoms with Crippen molar-refractivity contribution >= 4 is 65.3 Å². The molecule has 0 atom stereocenters. The molecule has 58 heavy (non-hydrogen) atoms. The van der Waals surface area contributed by atoms with Gasteiger partial charge in [0, 0.05) is 32.7 Å². The van der Waals surface area contributed by atoms with Gasteiger partial charge in [0.1, 0.15) is 11.2 Å². The molecule has 12 rings (SSSR count). The van der Waals surface area contributed by atoms with E-state index in [2.05, 4.69) is 180 Å². The summed E-state index contributed by atoms with van der Waals surface area (Å²) in [7, 11) is 0. The van der Waals surface area contributed by atoms with Crippen molar-refractivity contribution in [1.29, 1.82) is 0 Å². The molecule has 0 amide bonds. The molecule has 5 heteroatoms. The van der Waals surface area contributed by atoms with E-state index in [1.807, 2.05) is 18.2 Å². The van der Waals surface area contributed by atoms with Gasteiger partial charge in [-0.25, -0.2) is 4.98 Å². The zero-order valence-corrected chi connectivity index (χ0v) is 31.2. The molecule has 3 heterocycles. The normalized spacial score (nSPS) is 11.8. The van der Waals surface area contributed by atoms with Gasteiger partial charge in [-0.05, 0) is 80.2 Å². The van der Waals surface area contributed by atoms with Crippen LogP contribution in [-0.2, 0) is 0 Å². The van der Waals surface area contributed by atoms with Crippen LogP contribution in [0.25, 0.3) is 116 Å². The van der Waals surface area contributed by atoms with Gasteiger partial charge in [-0.1, -0.05) is 158 Å². The molecule has 0 aliphatic carbocycles. The first kappa shape index (κ1) is 32.4. The van der Waals surface area contributed by atoms with Crippen LogP contribution in [0.5, 0.6) is 0 Å². The van der Waals surface area contributed by atoms with E-state index in [-0.39, 0.29) is 0 Å². The molecule has 0 unspecified atom stereocenters. The van der Waals surface area contributed by atoms with Crippen LogP contribution in [0.3, 0.4) is 0 Å². The highest BCUT2D eigenvalue weighted by molar-refractivity contribution is 6.21. The van der Waals surface area contributed by atoms with Gasteiger partial charge < -0.3 is 4.42 Å². The molecule has 9 aromatic carbocycles. The van der Waals surface area contributed by atoms with E-state index in [1.165, 1.54) is 27.3 Å². The molecule has 0 aliphatic rings. The number of furan rings is 1. The van der Waals surface area contributed by atoms with Gasteiger partial charge in [-0.3, -0.25) is 4.57 Å². The van der Waals surface area contributed by atoms with E-state index < -0.39 is 0 Å². The van der Waals surface area contributed by atoms with Crippen molar-refractivity contribution in [2.45, 2.75) is 0 Å². The van der Waals surface area contributed by atoms with Crippen LogP contribution in [0.15, 0.2) is 199 Å². The second-order valence-corrected chi connectivity index (χ2v) is 14.8. The Bertz CT molecular complexity index is 3560. The fourth-order valence-corrected chi connectivity index (χ4v) is 8.69. The molecule has 0 saturated heterocycles. The number of nitrogens with zero attached hydrogens (tertiary/aromatic N) is 4. The highest BCUT2D eigenvalue weighted by Gasteiger charge is 2.22. The Morgan fingerprint density at radius 1 is 0.345 bits per heavy atom. The number of fused-ring (bicyclic) bond motifs is 9. The zero-order chi connectivity index (χ0) is 38.2. The number of hydrogen-bond acceptors (Lipinski definition) is 4. The maximum Gasteiger partial charge on any atom is 0.238 e. The fourth-order valence-electron chi connectivity index (χ4n) is 8.69. The van der Waals surface area contributed by atoms with E-state index in [0.29, 0.717) is 17.6 Å². The summed E-state index contributed by atoms with van der Waals surface area (Å²) in [5.41, 5.74) is 10.0. The molecule has 3 aromatic heterocycles. The van der Waals surface area contributed by atoms with E-state index in [0.717, 1.165) is 71.4 Å². The van der Waals surface area contributed by atoms with Crippen molar-refractivity contribution in [2.75, 3.05) is 0 Å². The van der Waals surface area contributed by atoms with Gasteiger partial charge >= 0.3 is 0 Å². The summed E-state index contributed by atoms with van der Waals surface area (Å²) in [6.07, 6.45) is 0. The zero-order valence-electron chi connectivity index (χ0n) is 31.2. The van der Waals surface area contributed by atoms with Gasteiger partial charge in [-0.15, -0.1) is 0 Å². The highest BCUT2D eigenvalue weighted by Crippen LogP contribution is 2.40. The lowest BCUT2D eigenvalue weighted by atomic mass is 9.99. The van der Waals surface area contributed by atoms with E-state index in [1.54, 1.807) is 0 Å². The van der Waals surface area contributed by atoms with Crippen molar-refractivity contribution < 1.29 is 4.42 Å². The van der Waals surface area contributed by atoms with Crippen molar-refractivity contribution in [2.24, 2.45) is 0 Å². The molecular weight excluding hydrogens is 709 g/mol. The lowest BCUT2D eigenvalue weighted by Gasteiger charge is -2.12. The van der Waals surface area contributed by atoms with Crippen LogP contribution >= 0.6 is 0 Å². The quantitative estimate of drug-likeness (QED) is 0.176. The lowest BCUT2D eigenvalue weighted by molar-refractivity contribution is 0.669. The summed E-state index contributed by atoms with van der Waals surface area (Å²) in [6.45, 7) is 0. The summed E-state index contributed by atoms with van der Waals surface area (Å²) in [5, 5.41) is 8.99. The maximum absolute atomic E-state index is 6.52. The van der Waals surface area contributed by atoms with Crippen molar-refractivity contribution in [3.05, 3.63) is 194 Å². The lowest BCUT2D eigenvalue weighted by Crippen LogP contribution is -2.06. The van der Waals surface area contributed by atoms with E-state index in [4.69, 9.17) is 19.4 Å². The van der Waals surface area contributed by atoms with Crippen molar-refractivity contribution in [3.63, 3.8) is 0 Å². The first-order valence-electron chi connectivity index (χ1n) is 19.5. The Kier molecular flexibility index (Phi) is 7.16. The minimum Gasteiger partial charge on any atom is -0.456 e. The van der Waals surface area contributed by atoms with Gasteiger partial charge in [-0.2, -0.15) is 9.97 Å². The molecule has 0 spiro atoms. The van der Waals surface area contributed by atoms with Crippen LogP contribution in [0.4, 0.5) is 0 Å². The predicted octanol–water partition coefficient (Wildman–Crippen LogP) is 13.8. The first-order chi connectivity index (χ1) is 28.7. The molecule has 0 fully saturated rings. The SMILES string of the molecule is c1ccc(-c2ccc(-c3cccc(-c4nc(-c5cccc6oc7cc8ccccc8cc7c56)nc(-n5c6ccccc6c6c7ccccc7ccc65)n4)c3)cc2)cc1. The third-order valence-electron chi connectivity index (χ3n) is 11.4. The smallest absolute Gasteiger partial charge is 0.238 e. The molecule has 0 bridgehead atoms. The van der Waals surface area contributed by atoms with Gasteiger partial charge in [0.25, 0.3) is 0 Å². The minimum atomic E-state index is 0.550. The number of hydrogen-bond donors (Lipinski definition) is 0. The summed E-state index contributed by atoms with van der Waals surface area (Å²) < 4.78 is 8.71. The number of para-hydroxylation sites is 1. The standard InChI is InChI=1S/C53H32N4O/c1-2-12-33(13-3-1)34-24-26-35(27-25-34)37-17-10-18-40(30-37)51-54-52(43-21-11-23-47-50(43)44-31-38-15-4-5-16-39(38)32-48(44)58-47)56-53(55-51)57-45-22-9-8-20-42(45)49-41-19-7-6-14-36(41)28-29-46(49)57/h1-32H. The van der Waals surface area contributed by atoms with Crippen LogP contribution in [0.2, 0.25) is 0 Å². The average molecular weight is 741 g/mol. The maximum atomic E-state index is 6.52. The monoisotopic (exact) mass is 740 g/mol. The number of aromatic nitrogens is 4. The Balaban J connectivity index is 1.10.